The molecule has 0 aliphatic rings. The number of benzene rings is 2. The van der Waals surface area contributed by atoms with Gasteiger partial charge in [0.1, 0.15) is 11.6 Å². The number of hydrogen-bond donors (Lipinski definition) is 0. The Morgan fingerprint density at radius 3 is 2.74 bits per heavy atom. The van der Waals surface area contributed by atoms with E-state index in [0.29, 0.717) is 11.5 Å². The molecule has 19 heavy (non-hydrogen) atoms. The summed E-state index contributed by atoms with van der Waals surface area (Å²) in [5, 5.41) is 0. The van der Waals surface area contributed by atoms with Crippen LogP contribution in [0.15, 0.2) is 42.5 Å². The molecule has 0 saturated heterocycles. The highest BCUT2D eigenvalue weighted by atomic mass is 35.5. The second-order valence-electron chi connectivity index (χ2n) is 4.44. The van der Waals surface area contributed by atoms with Crippen molar-refractivity contribution in [2.75, 3.05) is 0 Å². The zero-order valence-electron chi connectivity index (χ0n) is 10.4. The molecule has 0 unspecified atom stereocenters. The minimum atomic E-state index is -0.284. The van der Waals surface area contributed by atoms with E-state index in [2.05, 4.69) is 4.98 Å². The molecule has 0 radical (unpaired) electrons. The molecular formula is C15H12ClFN2. The van der Waals surface area contributed by atoms with Crippen molar-refractivity contribution in [2.24, 2.45) is 0 Å². The summed E-state index contributed by atoms with van der Waals surface area (Å²) in [5.41, 5.74) is 3.29. The van der Waals surface area contributed by atoms with E-state index < -0.39 is 0 Å². The number of nitrogens with zero attached hydrogens (tertiary/aromatic N) is 2. The normalized spacial score (nSPS) is 11.1. The minimum Gasteiger partial charge on any atom is -0.292 e. The Kier molecular flexibility index (Phi) is 2.99. The van der Waals surface area contributed by atoms with Crippen molar-refractivity contribution in [1.29, 1.82) is 0 Å². The Bertz CT molecular complexity index is 749. The number of imidazole rings is 1. The number of fused-ring (bicyclic) bond motifs is 1. The van der Waals surface area contributed by atoms with Gasteiger partial charge < -0.3 is 0 Å². The van der Waals surface area contributed by atoms with Gasteiger partial charge in [-0.15, -0.1) is 11.6 Å². The van der Waals surface area contributed by atoms with E-state index in [1.54, 1.807) is 22.8 Å². The first-order valence-corrected chi connectivity index (χ1v) is 6.53. The van der Waals surface area contributed by atoms with E-state index in [4.69, 9.17) is 11.6 Å². The largest absolute Gasteiger partial charge is 0.292 e. The standard InChI is InChI=1S/C15H12ClFN2/c1-10-6-7-14-12(8-10)18-15(9-16)19(14)13-5-3-2-4-11(13)17/h2-8H,9H2,1H3. The SMILES string of the molecule is Cc1ccc2c(c1)nc(CCl)n2-c1ccccc1F. The van der Waals surface area contributed by atoms with Gasteiger partial charge in [-0.3, -0.25) is 4.57 Å². The fourth-order valence-electron chi connectivity index (χ4n) is 2.23. The predicted molar refractivity (Wildman–Crippen MR) is 75.3 cm³/mol. The topological polar surface area (TPSA) is 17.8 Å². The maximum absolute atomic E-state index is 14.0. The molecule has 2 nitrogen and oxygen atoms in total. The lowest BCUT2D eigenvalue weighted by Gasteiger charge is -2.08. The molecule has 0 fully saturated rings. The first-order chi connectivity index (χ1) is 9.20. The molecule has 0 bridgehead atoms. The molecule has 3 rings (SSSR count). The minimum absolute atomic E-state index is 0.238. The number of para-hydroxylation sites is 1. The molecule has 2 aromatic carbocycles. The summed E-state index contributed by atoms with van der Waals surface area (Å²) in [5.74, 6) is 0.600. The Morgan fingerprint density at radius 1 is 1.21 bits per heavy atom. The van der Waals surface area contributed by atoms with Crippen LogP contribution < -0.4 is 0 Å². The van der Waals surface area contributed by atoms with Gasteiger partial charge in [0.15, 0.2) is 0 Å². The Labute approximate surface area is 115 Å². The summed E-state index contributed by atoms with van der Waals surface area (Å²) in [4.78, 5) is 4.47. The molecular weight excluding hydrogens is 263 g/mol. The van der Waals surface area contributed by atoms with Crippen LogP contribution in [0.25, 0.3) is 16.7 Å². The quantitative estimate of drug-likeness (QED) is 0.640. The Balaban J connectivity index is 2.36. The average molecular weight is 275 g/mol. The van der Waals surface area contributed by atoms with Crippen LogP contribution in [0, 0.1) is 12.7 Å². The van der Waals surface area contributed by atoms with E-state index in [-0.39, 0.29) is 11.7 Å². The molecule has 0 spiro atoms. The smallest absolute Gasteiger partial charge is 0.147 e. The van der Waals surface area contributed by atoms with Crippen LogP contribution in [0.1, 0.15) is 11.4 Å². The third-order valence-electron chi connectivity index (χ3n) is 3.09. The van der Waals surface area contributed by atoms with Gasteiger partial charge in [-0.05, 0) is 36.8 Å². The maximum atomic E-state index is 14.0. The number of aryl methyl sites for hydroxylation is 1. The molecule has 0 atom stereocenters. The first-order valence-electron chi connectivity index (χ1n) is 5.99. The zero-order chi connectivity index (χ0) is 13.4. The fourth-order valence-corrected chi connectivity index (χ4v) is 2.41. The molecule has 96 valence electrons. The van der Waals surface area contributed by atoms with Crippen molar-refractivity contribution >= 4 is 22.6 Å². The summed E-state index contributed by atoms with van der Waals surface area (Å²) in [6, 6.07) is 12.5. The highest BCUT2D eigenvalue weighted by Crippen LogP contribution is 2.25. The fraction of sp³-hybridized carbons (Fsp3) is 0.133. The van der Waals surface area contributed by atoms with Gasteiger partial charge in [0.25, 0.3) is 0 Å². The summed E-state index contributed by atoms with van der Waals surface area (Å²) in [7, 11) is 0. The van der Waals surface area contributed by atoms with E-state index in [9.17, 15) is 4.39 Å². The second kappa shape index (κ2) is 4.67. The number of rotatable bonds is 2. The van der Waals surface area contributed by atoms with Crippen LogP contribution >= 0.6 is 11.6 Å². The monoisotopic (exact) mass is 274 g/mol. The van der Waals surface area contributed by atoms with E-state index in [0.717, 1.165) is 16.6 Å². The lowest BCUT2D eigenvalue weighted by molar-refractivity contribution is 0.618. The Hall–Kier alpha value is -1.87. The van der Waals surface area contributed by atoms with Crippen LogP contribution in [0.2, 0.25) is 0 Å². The summed E-state index contributed by atoms with van der Waals surface area (Å²) in [6.07, 6.45) is 0. The number of aromatic nitrogens is 2. The van der Waals surface area contributed by atoms with Crippen LogP contribution in [-0.2, 0) is 5.88 Å². The van der Waals surface area contributed by atoms with Gasteiger partial charge in [-0.1, -0.05) is 18.2 Å². The molecule has 1 heterocycles. The lowest BCUT2D eigenvalue weighted by atomic mass is 10.2. The van der Waals surface area contributed by atoms with Crippen LogP contribution in [0.5, 0.6) is 0 Å². The van der Waals surface area contributed by atoms with Crippen molar-refractivity contribution in [1.82, 2.24) is 9.55 Å². The van der Waals surface area contributed by atoms with Gasteiger partial charge in [-0.2, -0.15) is 0 Å². The molecule has 1 aromatic heterocycles. The van der Waals surface area contributed by atoms with Gasteiger partial charge in [0.05, 0.1) is 22.6 Å². The van der Waals surface area contributed by atoms with Gasteiger partial charge in [0.2, 0.25) is 0 Å². The van der Waals surface area contributed by atoms with Crippen LogP contribution in [-0.4, -0.2) is 9.55 Å². The van der Waals surface area contributed by atoms with Crippen molar-refractivity contribution in [3.63, 3.8) is 0 Å². The van der Waals surface area contributed by atoms with Gasteiger partial charge >= 0.3 is 0 Å². The summed E-state index contributed by atoms with van der Waals surface area (Å²) < 4.78 is 15.8. The van der Waals surface area contributed by atoms with Crippen molar-refractivity contribution in [2.45, 2.75) is 12.8 Å². The summed E-state index contributed by atoms with van der Waals surface area (Å²) >= 11 is 5.94. The summed E-state index contributed by atoms with van der Waals surface area (Å²) in [6.45, 7) is 2.00. The molecule has 0 aliphatic heterocycles. The Morgan fingerprint density at radius 2 is 2.00 bits per heavy atom. The van der Waals surface area contributed by atoms with Crippen LogP contribution in [0.3, 0.4) is 0 Å². The third kappa shape index (κ3) is 2.00. The number of alkyl halides is 1. The first kappa shape index (κ1) is 12.2. The average Bonchev–Trinajstić information content (AvgIpc) is 2.76. The van der Waals surface area contributed by atoms with E-state index in [1.807, 2.05) is 25.1 Å². The third-order valence-corrected chi connectivity index (χ3v) is 3.33. The predicted octanol–water partition coefficient (Wildman–Crippen LogP) is 4.21. The second-order valence-corrected chi connectivity index (χ2v) is 4.71. The van der Waals surface area contributed by atoms with Crippen molar-refractivity contribution in [3.8, 4) is 5.69 Å². The molecule has 0 N–H and O–H groups in total. The molecule has 0 saturated carbocycles. The van der Waals surface area contributed by atoms with E-state index in [1.165, 1.54) is 6.07 Å². The molecule has 0 aliphatic carbocycles. The number of halogens is 2. The number of hydrogen-bond acceptors (Lipinski definition) is 1. The highest BCUT2D eigenvalue weighted by molar-refractivity contribution is 6.17. The lowest BCUT2D eigenvalue weighted by Crippen LogP contribution is -2.01. The van der Waals surface area contributed by atoms with Crippen molar-refractivity contribution < 1.29 is 4.39 Å². The van der Waals surface area contributed by atoms with Crippen molar-refractivity contribution in [3.05, 3.63) is 59.7 Å². The maximum Gasteiger partial charge on any atom is 0.147 e. The van der Waals surface area contributed by atoms with Crippen LogP contribution in [0.4, 0.5) is 4.39 Å². The zero-order valence-corrected chi connectivity index (χ0v) is 11.2. The van der Waals surface area contributed by atoms with Gasteiger partial charge in [0, 0.05) is 0 Å². The molecule has 3 aromatic rings. The van der Waals surface area contributed by atoms with E-state index >= 15 is 0 Å². The molecule has 0 amide bonds. The molecule has 4 heteroatoms. The van der Waals surface area contributed by atoms with Gasteiger partial charge in [-0.25, -0.2) is 9.37 Å². The highest BCUT2D eigenvalue weighted by Gasteiger charge is 2.14.